The highest BCUT2D eigenvalue weighted by molar-refractivity contribution is 7.18. The number of aromatic nitrogens is 1. The largest absolute Gasteiger partial charge is 0.306 e. The van der Waals surface area contributed by atoms with Gasteiger partial charge >= 0.3 is 0 Å². The zero-order valence-corrected chi connectivity index (χ0v) is 11.3. The number of rotatable bonds is 1. The van der Waals surface area contributed by atoms with E-state index in [1.165, 1.54) is 46.7 Å². The summed E-state index contributed by atoms with van der Waals surface area (Å²) in [5.74, 6) is 0.734. The van der Waals surface area contributed by atoms with Gasteiger partial charge in [-0.15, -0.1) is 11.3 Å². The second kappa shape index (κ2) is 4.39. The van der Waals surface area contributed by atoms with Crippen LogP contribution in [-0.4, -0.2) is 30.0 Å². The first-order valence-electron chi connectivity index (χ1n) is 6.28. The SMILES string of the molecule is Cc1nc2cc(C3CCN(C)CC3)ccc2s1. The monoisotopic (exact) mass is 246 g/mol. The lowest BCUT2D eigenvalue weighted by Crippen LogP contribution is -2.29. The highest BCUT2D eigenvalue weighted by Crippen LogP contribution is 2.31. The van der Waals surface area contributed by atoms with Gasteiger partial charge in [0.05, 0.1) is 15.2 Å². The number of thiazole rings is 1. The molecule has 3 rings (SSSR count). The van der Waals surface area contributed by atoms with Gasteiger partial charge in [-0.2, -0.15) is 0 Å². The Bertz CT molecular complexity index is 524. The predicted octanol–water partition coefficient (Wildman–Crippen LogP) is 3.41. The van der Waals surface area contributed by atoms with E-state index < -0.39 is 0 Å². The van der Waals surface area contributed by atoms with Gasteiger partial charge in [0.15, 0.2) is 0 Å². The molecule has 1 aromatic carbocycles. The maximum atomic E-state index is 4.59. The molecule has 3 heteroatoms. The van der Waals surface area contributed by atoms with Crippen LogP contribution in [0, 0.1) is 6.92 Å². The summed E-state index contributed by atoms with van der Waals surface area (Å²) in [7, 11) is 2.21. The van der Waals surface area contributed by atoms with Crippen LogP contribution in [0.5, 0.6) is 0 Å². The summed E-state index contributed by atoms with van der Waals surface area (Å²) in [6, 6.07) is 6.85. The van der Waals surface area contributed by atoms with Crippen LogP contribution >= 0.6 is 11.3 Å². The highest BCUT2D eigenvalue weighted by Gasteiger charge is 2.18. The number of aryl methyl sites for hydroxylation is 1. The standard InChI is InChI=1S/C14H18N2S/c1-10-15-13-9-12(3-4-14(13)17-10)11-5-7-16(2)8-6-11/h3-4,9,11H,5-8H2,1-2H3. The van der Waals surface area contributed by atoms with Crippen molar-refractivity contribution in [2.45, 2.75) is 25.7 Å². The average molecular weight is 246 g/mol. The van der Waals surface area contributed by atoms with Crippen molar-refractivity contribution in [3.05, 3.63) is 28.8 Å². The number of nitrogens with zero attached hydrogens (tertiary/aromatic N) is 2. The summed E-state index contributed by atoms with van der Waals surface area (Å²) in [6.45, 7) is 4.53. The van der Waals surface area contributed by atoms with E-state index in [1.54, 1.807) is 11.3 Å². The minimum Gasteiger partial charge on any atom is -0.306 e. The fourth-order valence-electron chi connectivity index (χ4n) is 2.66. The van der Waals surface area contributed by atoms with Crippen molar-refractivity contribution in [2.75, 3.05) is 20.1 Å². The lowest BCUT2D eigenvalue weighted by molar-refractivity contribution is 0.255. The van der Waals surface area contributed by atoms with Crippen LogP contribution in [0.3, 0.4) is 0 Å². The van der Waals surface area contributed by atoms with E-state index in [0.29, 0.717) is 0 Å². The summed E-state index contributed by atoms with van der Waals surface area (Å²) < 4.78 is 1.32. The molecule has 0 aliphatic carbocycles. The zero-order chi connectivity index (χ0) is 11.8. The Hall–Kier alpha value is -0.930. The van der Waals surface area contributed by atoms with E-state index in [2.05, 4.69) is 42.1 Å². The quantitative estimate of drug-likeness (QED) is 0.766. The van der Waals surface area contributed by atoms with Crippen LogP contribution in [0.1, 0.15) is 29.3 Å². The highest BCUT2D eigenvalue weighted by atomic mass is 32.1. The van der Waals surface area contributed by atoms with Gasteiger partial charge < -0.3 is 4.90 Å². The molecular formula is C14H18N2S. The van der Waals surface area contributed by atoms with Crippen LogP contribution < -0.4 is 0 Å². The molecule has 0 spiro atoms. The van der Waals surface area contributed by atoms with Crippen LogP contribution in [-0.2, 0) is 0 Å². The van der Waals surface area contributed by atoms with Crippen LogP contribution in [0.25, 0.3) is 10.2 Å². The molecule has 1 aromatic heterocycles. The summed E-state index contributed by atoms with van der Waals surface area (Å²) >= 11 is 1.79. The molecule has 1 aliphatic heterocycles. The molecule has 0 atom stereocenters. The fraction of sp³-hybridized carbons (Fsp3) is 0.500. The van der Waals surface area contributed by atoms with E-state index in [0.717, 1.165) is 5.92 Å². The third-order valence-electron chi connectivity index (χ3n) is 3.71. The topological polar surface area (TPSA) is 16.1 Å². The number of hydrogen-bond donors (Lipinski definition) is 0. The molecule has 17 heavy (non-hydrogen) atoms. The number of piperidine rings is 1. The van der Waals surface area contributed by atoms with Crippen molar-refractivity contribution in [2.24, 2.45) is 0 Å². The Kier molecular flexibility index (Phi) is 2.89. The third kappa shape index (κ3) is 2.22. The van der Waals surface area contributed by atoms with Gasteiger partial charge in [0, 0.05) is 0 Å². The first kappa shape index (κ1) is 11.2. The molecule has 1 fully saturated rings. The normalized spacial score (nSPS) is 18.9. The molecule has 0 amide bonds. The molecule has 0 N–H and O–H groups in total. The smallest absolute Gasteiger partial charge is 0.0907 e. The lowest BCUT2D eigenvalue weighted by atomic mass is 9.89. The Morgan fingerprint density at radius 3 is 2.82 bits per heavy atom. The number of benzene rings is 1. The van der Waals surface area contributed by atoms with Gasteiger partial charge in [0.1, 0.15) is 0 Å². The zero-order valence-electron chi connectivity index (χ0n) is 10.4. The molecule has 0 unspecified atom stereocenters. The predicted molar refractivity (Wildman–Crippen MR) is 73.8 cm³/mol. The molecule has 1 aliphatic rings. The molecule has 2 nitrogen and oxygen atoms in total. The molecular weight excluding hydrogens is 228 g/mol. The van der Waals surface area contributed by atoms with Crippen molar-refractivity contribution in [3.63, 3.8) is 0 Å². The number of hydrogen-bond acceptors (Lipinski definition) is 3. The van der Waals surface area contributed by atoms with Crippen LogP contribution in [0.4, 0.5) is 0 Å². The Morgan fingerprint density at radius 2 is 2.06 bits per heavy atom. The molecule has 2 aromatic rings. The van der Waals surface area contributed by atoms with E-state index in [9.17, 15) is 0 Å². The van der Waals surface area contributed by atoms with E-state index >= 15 is 0 Å². The van der Waals surface area contributed by atoms with Crippen molar-refractivity contribution < 1.29 is 0 Å². The average Bonchev–Trinajstić information content (AvgIpc) is 2.69. The van der Waals surface area contributed by atoms with Crippen LogP contribution in [0.2, 0.25) is 0 Å². The number of fused-ring (bicyclic) bond motifs is 1. The van der Waals surface area contributed by atoms with Gasteiger partial charge in [-0.1, -0.05) is 6.07 Å². The maximum absolute atomic E-state index is 4.59. The summed E-state index contributed by atoms with van der Waals surface area (Å²) in [4.78, 5) is 7.01. The van der Waals surface area contributed by atoms with Crippen molar-refractivity contribution in [1.29, 1.82) is 0 Å². The molecule has 1 saturated heterocycles. The van der Waals surface area contributed by atoms with Crippen molar-refractivity contribution >= 4 is 21.6 Å². The van der Waals surface area contributed by atoms with Crippen LogP contribution in [0.15, 0.2) is 18.2 Å². The van der Waals surface area contributed by atoms with E-state index in [1.807, 2.05) is 0 Å². The van der Waals surface area contributed by atoms with Gasteiger partial charge in [0.2, 0.25) is 0 Å². The minimum absolute atomic E-state index is 0.734. The summed E-state index contributed by atoms with van der Waals surface area (Å²) in [5.41, 5.74) is 2.67. The third-order valence-corrected chi connectivity index (χ3v) is 4.66. The Balaban J connectivity index is 1.89. The second-order valence-electron chi connectivity index (χ2n) is 5.04. The molecule has 2 heterocycles. The lowest BCUT2D eigenvalue weighted by Gasteiger charge is -2.29. The van der Waals surface area contributed by atoms with Crippen molar-refractivity contribution in [3.8, 4) is 0 Å². The number of likely N-dealkylation sites (tertiary alicyclic amines) is 1. The fourth-order valence-corrected chi connectivity index (χ4v) is 3.46. The molecule has 0 radical (unpaired) electrons. The molecule has 90 valence electrons. The van der Waals surface area contributed by atoms with E-state index in [-0.39, 0.29) is 0 Å². The maximum Gasteiger partial charge on any atom is 0.0907 e. The summed E-state index contributed by atoms with van der Waals surface area (Å²) in [5, 5.41) is 1.17. The minimum atomic E-state index is 0.734. The summed E-state index contributed by atoms with van der Waals surface area (Å²) in [6.07, 6.45) is 2.57. The molecule has 0 bridgehead atoms. The van der Waals surface area contributed by atoms with Gasteiger partial charge in [0.25, 0.3) is 0 Å². The van der Waals surface area contributed by atoms with E-state index in [4.69, 9.17) is 0 Å². The first-order valence-corrected chi connectivity index (χ1v) is 7.09. The Morgan fingerprint density at radius 1 is 1.29 bits per heavy atom. The first-order chi connectivity index (χ1) is 8.22. The van der Waals surface area contributed by atoms with Gasteiger partial charge in [-0.3, -0.25) is 0 Å². The van der Waals surface area contributed by atoms with Crippen molar-refractivity contribution in [1.82, 2.24) is 9.88 Å². The second-order valence-corrected chi connectivity index (χ2v) is 6.27. The van der Waals surface area contributed by atoms with Gasteiger partial charge in [-0.05, 0) is 63.5 Å². The molecule has 0 saturated carbocycles. The van der Waals surface area contributed by atoms with Gasteiger partial charge in [-0.25, -0.2) is 4.98 Å². The Labute approximate surface area is 106 Å².